The van der Waals surface area contributed by atoms with Crippen molar-refractivity contribution in [1.82, 2.24) is 50.0 Å². The SMILES string of the molecule is O=C1CC[C@H](n2nnc3ccc(N4CCN(CCCC5CCN(c6ccc(Nc7ncnc8c7ncn8C7CC(NC(=O)Cc8ccccc8)C7)cc6)CC5)CC4)cc3c2=O)C(=O)N1. The van der Waals surface area contributed by atoms with E-state index in [0.29, 0.717) is 23.1 Å². The Kier molecular flexibility index (Phi) is 11.7. The zero-order chi connectivity index (χ0) is 43.6. The lowest BCUT2D eigenvalue weighted by Crippen LogP contribution is -2.47. The summed E-state index contributed by atoms with van der Waals surface area (Å²) in [6.07, 6.45) is 10.7. The molecule has 0 bridgehead atoms. The molecule has 0 radical (unpaired) electrons. The van der Waals surface area contributed by atoms with E-state index in [9.17, 15) is 19.2 Å². The van der Waals surface area contributed by atoms with Crippen LogP contribution in [0.3, 0.4) is 0 Å². The number of imide groups is 1. The lowest BCUT2D eigenvalue weighted by molar-refractivity contribution is -0.136. The van der Waals surface area contributed by atoms with Gasteiger partial charge in [0.1, 0.15) is 17.9 Å². The molecule has 1 aliphatic carbocycles. The molecule has 330 valence electrons. The predicted octanol–water partition coefficient (Wildman–Crippen LogP) is 4.53. The van der Waals surface area contributed by atoms with E-state index in [1.807, 2.05) is 54.9 Å². The summed E-state index contributed by atoms with van der Waals surface area (Å²) in [6.45, 7) is 6.84. The van der Waals surface area contributed by atoms with E-state index < -0.39 is 11.9 Å². The lowest BCUT2D eigenvalue weighted by Gasteiger charge is -2.37. The summed E-state index contributed by atoms with van der Waals surface area (Å²) in [4.78, 5) is 71.2. The molecule has 1 atom stereocenters. The van der Waals surface area contributed by atoms with Crippen molar-refractivity contribution in [1.29, 1.82) is 0 Å². The quantitative estimate of drug-likeness (QED) is 0.138. The number of benzene rings is 3. The molecule has 10 rings (SSSR count). The third-order valence-electron chi connectivity index (χ3n) is 13.5. The van der Waals surface area contributed by atoms with Gasteiger partial charge in [0.05, 0.1) is 18.1 Å². The summed E-state index contributed by atoms with van der Waals surface area (Å²) in [5.41, 5.74) is 5.79. The fourth-order valence-corrected chi connectivity index (χ4v) is 9.77. The van der Waals surface area contributed by atoms with Crippen molar-refractivity contribution in [2.24, 2.45) is 5.92 Å². The molecule has 17 heteroatoms. The summed E-state index contributed by atoms with van der Waals surface area (Å²) < 4.78 is 3.23. The molecule has 3 aromatic carbocycles. The second kappa shape index (κ2) is 18.2. The number of fused-ring (bicyclic) bond motifs is 2. The monoisotopic (exact) mass is 863 g/mol. The Morgan fingerprint density at radius 2 is 1.58 bits per heavy atom. The maximum Gasteiger partial charge on any atom is 0.278 e. The average Bonchev–Trinajstić information content (AvgIpc) is 3.73. The van der Waals surface area contributed by atoms with Crippen molar-refractivity contribution in [3.8, 4) is 0 Å². The molecule has 4 aliphatic rings. The fourth-order valence-electron chi connectivity index (χ4n) is 9.77. The van der Waals surface area contributed by atoms with Gasteiger partial charge in [-0.25, -0.2) is 15.0 Å². The summed E-state index contributed by atoms with van der Waals surface area (Å²) in [5.74, 6) is 0.601. The van der Waals surface area contributed by atoms with Crippen molar-refractivity contribution in [3.63, 3.8) is 0 Å². The van der Waals surface area contributed by atoms with E-state index in [1.54, 1.807) is 6.33 Å². The second-order valence-electron chi connectivity index (χ2n) is 17.7. The summed E-state index contributed by atoms with van der Waals surface area (Å²) in [6, 6.07) is 23.6. The van der Waals surface area contributed by atoms with Gasteiger partial charge in [0.15, 0.2) is 17.0 Å². The van der Waals surface area contributed by atoms with Gasteiger partial charge < -0.3 is 25.0 Å². The fraction of sp³-hybridized carbons (Fsp3) is 0.426. The van der Waals surface area contributed by atoms with Gasteiger partial charge in [-0.05, 0) is 105 Å². The third-order valence-corrected chi connectivity index (χ3v) is 13.5. The Labute approximate surface area is 370 Å². The van der Waals surface area contributed by atoms with Crippen LogP contribution in [0.4, 0.5) is 22.9 Å². The van der Waals surface area contributed by atoms with E-state index in [-0.39, 0.29) is 42.3 Å². The molecule has 17 nitrogen and oxygen atoms in total. The van der Waals surface area contributed by atoms with Crippen LogP contribution in [0.5, 0.6) is 0 Å². The number of piperidine rings is 2. The van der Waals surface area contributed by atoms with E-state index in [1.165, 1.54) is 31.4 Å². The number of hydrogen-bond acceptors (Lipinski definition) is 13. The minimum atomic E-state index is -0.839. The van der Waals surface area contributed by atoms with Crippen LogP contribution >= 0.6 is 0 Å². The minimum absolute atomic E-state index is 0.0516. The molecular weight excluding hydrogens is 811 g/mol. The van der Waals surface area contributed by atoms with Crippen LogP contribution < -0.4 is 31.3 Å². The van der Waals surface area contributed by atoms with Crippen LogP contribution in [0.1, 0.15) is 69.0 Å². The third kappa shape index (κ3) is 8.89. The van der Waals surface area contributed by atoms with Crippen LogP contribution in [-0.4, -0.2) is 109 Å². The Hall–Kier alpha value is -6.75. The predicted molar refractivity (Wildman–Crippen MR) is 243 cm³/mol. The summed E-state index contributed by atoms with van der Waals surface area (Å²) in [7, 11) is 0. The number of anilines is 4. The van der Waals surface area contributed by atoms with Crippen LogP contribution in [0.2, 0.25) is 0 Å². The van der Waals surface area contributed by atoms with Crippen LogP contribution in [0, 0.1) is 5.92 Å². The van der Waals surface area contributed by atoms with Gasteiger partial charge in [0, 0.05) is 74.8 Å². The second-order valence-corrected chi connectivity index (χ2v) is 17.7. The molecule has 6 aromatic rings. The Bertz CT molecular complexity index is 2700. The first-order chi connectivity index (χ1) is 31.3. The number of rotatable bonds is 13. The summed E-state index contributed by atoms with van der Waals surface area (Å²) in [5, 5.41) is 17.6. The largest absolute Gasteiger partial charge is 0.372 e. The topological polar surface area (TPSA) is 188 Å². The van der Waals surface area contributed by atoms with E-state index >= 15 is 0 Å². The Balaban J connectivity index is 0.652. The molecule has 4 fully saturated rings. The highest BCUT2D eigenvalue weighted by molar-refractivity contribution is 5.99. The molecular formula is C47H53N13O4. The first kappa shape index (κ1) is 41.3. The Morgan fingerprint density at radius 3 is 2.36 bits per heavy atom. The first-order valence-electron chi connectivity index (χ1n) is 22.6. The molecule has 3 amide bonds. The zero-order valence-electron chi connectivity index (χ0n) is 35.8. The zero-order valence-corrected chi connectivity index (χ0v) is 35.8. The molecule has 3 aliphatic heterocycles. The summed E-state index contributed by atoms with van der Waals surface area (Å²) >= 11 is 0. The van der Waals surface area contributed by atoms with Gasteiger partial charge >= 0.3 is 0 Å². The van der Waals surface area contributed by atoms with Crippen molar-refractivity contribution in [2.45, 2.75) is 75.9 Å². The number of imidazole rings is 1. The number of carbonyl (C=O) groups is 3. The minimum Gasteiger partial charge on any atom is -0.372 e. The highest BCUT2D eigenvalue weighted by Gasteiger charge is 2.34. The number of hydrogen-bond donors (Lipinski definition) is 3. The average molecular weight is 864 g/mol. The number of aromatic nitrogens is 7. The maximum atomic E-state index is 13.4. The van der Waals surface area contributed by atoms with Gasteiger partial charge in [0.25, 0.3) is 11.5 Å². The van der Waals surface area contributed by atoms with Gasteiger partial charge in [-0.1, -0.05) is 35.5 Å². The number of nitrogens with zero attached hydrogens (tertiary/aromatic N) is 10. The molecule has 0 spiro atoms. The maximum absolute atomic E-state index is 13.4. The smallest absolute Gasteiger partial charge is 0.278 e. The molecule has 1 saturated carbocycles. The van der Waals surface area contributed by atoms with E-state index in [4.69, 9.17) is 4.98 Å². The normalized spacial score (nSPS) is 20.9. The molecule has 3 saturated heterocycles. The van der Waals surface area contributed by atoms with Gasteiger partial charge in [-0.2, -0.15) is 4.68 Å². The van der Waals surface area contributed by atoms with E-state index in [0.717, 1.165) is 97.4 Å². The van der Waals surface area contributed by atoms with Gasteiger partial charge in [0.2, 0.25) is 11.8 Å². The number of nitrogens with one attached hydrogen (secondary N) is 3. The van der Waals surface area contributed by atoms with Gasteiger partial charge in [-0.15, -0.1) is 5.10 Å². The molecule has 0 unspecified atom stereocenters. The highest BCUT2D eigenvalue weighted by atomic mass is 16.2. The molecule has 3 N–H and O–H groups in total. The van der Waals surface area contributed by atoms with E-state index in [2.05, 4.69) is 79.8 Å². The molecule has 6 heterocycles. The van der Waals surface area contributed by atoms with Crippen LogP contribution in [0.25, 0.3) is 22.1 Å². The van der Waals surface area contributed by atoms with Crippen molar-refractivity contribution in [2.75, 3.05) is 60.9 Å². The van der Waals surface area contributed by atoms with Crippen LogP contribution in [0.15, 0.2) is 90.2 Å². The Morgan fingerprint density at radius 1 is 0.812 bits per heavy atom. The number of carbonyl (C=O) groups excluding carboxylic acids is 3. The van der Waals surface area contributed by atoms with Crippen molar-refractivity contribution >= 4 is 62.7 Å². The highest BCUT2D eigenvalue weighted by Crippen LogP contribution is 2.36. The van der Waals surface area contributed by atoms with Crippen molar-refractivity contribution in [3.05, 3.63) is 101 Å². The number of amides is 3. The van der Waals surface area contributed by atoms with Gasteiger partial charge in [-0.3, -0.25) is 29.4 Å². The molecule has 3 aromatic heterocycles. The number of piperazine rings is 1. The molecule has 64 heavy (non-hydrogen) atoms. The van der Waals surface area contributed by atoms with Crippen molar-refractivity contribution < 1.29 is 14.4 Å². The first-order valence-corrected chi connectivity index (χ1v) is 22.6. The lowest BCUT2D eigenvalue weighted by atomic mass is 9.86. The van der Waals surface area contributed by atoms with Crippen LogP contribution in [-0.2, 0) is 20.8 Å². The standard InChI is InChI=1S/C47H53N13O4/c61-41-15-14-40(46(63)53-41)60-47(64)38-28-36(12-13-39(38)54-55-60)58-23-21-56(22-24-58)18-4-7-31-16-19-57(20-17-31)35-10-8-33(9-11-35)52-44-43-45(49-29-48-44)59(30-50-43)37-26-34(27-37)51-42(62)25-32-5-2-1-3-6-32/h1-3,5-6,8-13,28-31,34,37,40H,4,7,14-27H2,(H,51,62)(H,48,49,52)(H,53,61,63)/t34?,37?,40-/m0/s1.